The number of nitrogens with zero attached hydrogens (tertiary/aromatic N) is 2. The topological polar surface area (TPSA) is 61.0 Å². The Hall–Kier alpha value is -1.36. The summed E-state index contributed by atoms with van der Waals surface area (Å²) in [6.07, 6.45) is 6.20. The lowest BCUT2D eigenvalue weighted by Gasteiger charge is -2.11. The average molecular weight is 277 g/mol. The van der Waals surface area contributed by atoms with E-state index in [1.54, 1.807) is 11.3 Å². The Labute approximate surface area is 117 Å². The molecule has 2 aromatic rings. The molecule has 0 radical (unpaired) electrons. The van der Waals surface area contributed by atoms with Gasteiger partial charge >= 0.3 is 0 Å². The number of nitrogen functional groups attached to an aromatic ring is 1. The van der Waals surface area contributed by atoms with Crippen LogP contribution in [0.4, 0.5) is 5.95 Å². The van der Waals surface area contributed by atoms with E-state index in [9.17, 15) is 0 Å². The van der Waals surface area contributed by atoms with Crippen LogP contribution in [0.3, 0.4) is 0 Å². The van der Waals surface area contributed by atoms with Crippen molar-refractivity contribution in [2.24, 2.45) is 5.92 Å². The Morgan fingerprint density at radius 3 is 2.89 bits per heavy atom. The third-order valence-corrected chi connectivity index (χ3v) is 4.88. The number of hydrogen-bond acceptors (Lipinski definition) is 5. The van der Waals surface area contributed by atoms with Crippen LogP contribution in [0.25, 0.3) is 10.2 Å². The van der Waals surface area contributed by atoms with Crippen molar-refractivity contribution in [2.45, 2.75) is 39.0 Å². The highest BCUT2D eigenvalue weighted by Crippen LogP contribution is 2.32. The fraction of sp³-hybridized carbons (Fsp3) is 0.571. The highest BCUT2D eigenvalue weighted by atomic mass is 32.1. The van der Waals surface area contributed by atoms with Crippen molar-refractivity contribution in [3.05, 3.63) is 10.9 Å². The number of anilines is 1. The Balaban J connectivity index is 1.85. The molecule has 2 N–H and O–H groups in total. The highest BCUT2D eigenvalue weighted by Gasteiger charge is 2.17. The van der Waals surface area contributed by atoms with Gasteiger partial charge in [-0.2, -0.15) is 4.98 Å². The monoisotopic (exact) mass is 277 g/mol. The van der Waals surface area contributed by atoms with Crippen molar-refractivity contribution in [3.8, 4) is 5.88 Å². The van der Waals surface area contributed by atoms with Crippen LogP contribution >= 0.6 is 11.3 Å². The zero-order valence-corrected chi connectivity index (χ0v) is 12.0. The molecule has 3 rings (SSSR count). The van der Waals surface area contributed by atoms with E-state index < -0.39 is 0 Å². The number of aromatic nitrogens is 2. The Kier molecular flexibility index (Phi) is 3.55. The van der Waals surface area contributed by atoms with Gasteiger partial charge in [0, 0.05) is 4.88 Å². The van der Waals surface area contributed by atoms with E-state index in [1.807, 2.05) is 0 Å². The Morgan fingerprint density at radius 2 is 2.16 bits per heavy atom. The van der Waals surface area contributed by atoms with E-state index in [0.717, 1.165) is 23.2 Å². The summed E-state index contributed by atoms with van der Waals surface area (Å²) in [7, 11) is 0. The molecule has 0 spiro atoms. The molecule has 0 saturated heterocycles. The molecule has 2 heterocycles. The number of hydrogen-bond donors (Lipinski definition) is 1. The van der Waals surface area contributed by atoms with Gasteiger partial charge < -0.3 is 10.5 Å². The number of thiophene rings is 1. The van der Waals surface area contributed by atoms with Gasteiger partial charge in [0.15, 0.2) is 0 Å². The van der Waals surface area contributed by atoms with Crippen molar-refractivity contribution >= 4 is 27.5 Å². The summed E-state index contributed by atoms with van der Waals surface area (Å²) in [6, 6.07) is 2.13. The van der Waals surface area contributed by atoms with Crippen LogP contribution in [0, 0.1) is 5.92 Å². The second-order valence-electron chi connectivity index (χ2n) is 5.13. The maximum Gasteiger partial charge on any atom is 0.227 e. The molecule has 1 aliphatic carbocycles. The van der Waals surface area contributed by atoms with Crippen LogP contribution < -0.4 is 10.5 Å². The first-order chi connectivity index (χ1) is 9.26. The summed E-state index contributed by atoms with van der Waals surface area (Å²) in [5.74, 6) is 1.64. The van der Waals surface area contributed by atoms with E-state index >= 15 is 0 Å². The second-order valence-corrected chi connectivity index (χ2v) is 6.25. The molecule has 0 aliphatic heterocycles. The standard InChI is InChI=1S/C14H19N3OS/c1-2-10-7-11-12(16-14(15)17-13(11)19-10)18-8-9-5-3-4-6-9/h7,9H,2-6,8H2,1H3,(H2,15,16,17). The van der Waals surface area contributed by atoms with Crippen LogP contribution in [0.1, 0.15) is 37.5 Å². The maximum atomic E-state index is 5.92. The minimum Gasteiger partial charge on any atom is -0.477 e. The minimum absolute atomic E-state index is 0.304. The van der Waals surface area contributed by atoms with Gasteiger partial charge in [0.2, 0.25) is 11.8 Å². The van der Waals surface area contributed by atoms with Crippen molar-refractivity contribution in [3.63, 3.8) is 0 Å². The molecule has 0 atom stereocenters. The SMILES string of the molecule is CCc1cc2c(OCC3CCCC3)nc(N)nc2s1. The van der Waals surface area contributed by atoms with E-state index in [2.05, 4.69) is 23.0 Å². The van der Waals surface area contributed by atoms with Gasteiger partial charge in [0.1, 0.15) is 4.83 Å². The molecule has 1 fully saturated rings. The summed E-state index contributed by atoms with van der Waals surface area (Å²) in [5.41, 5.74) is 5.76. The fourth-order valence-electron chi connectivity index (χ4n) is 2.62. The van der Waals surface area contributed by atoms with Crippen LogP contribution in [0.5, 0.6) is 5.88 Å². The van der Waals surface area contributed by atoms with E-state index in [0.29, 0.717) is 17.7 Å². The van der Waals surface area contributed by atoms with E-state index in [4.69, 9.17) is 10.5 Å². The number of ether oxygens (including phenoxy) is 1. The van der Waals surface area contributed by atoms with Crippen LogP contribution in [-0.2, 0) is 6.42 Å². The highest BCUT2D eigenvalue weighted by molar-refractivity contribution is 7.18. The van der Waals surface area contributed by atoms with Gasteiger partial charge in [0.25, 0.3) is 0 Å². The summed E-state index contributed by atoms with van der Waals surface area (Å²) in [5, 5.41) is 1.01. The average Bonchev–Trinajstić information content (AvgIpc) is 3.04. The van der Waals surface area contributed by atoms with Gasteiger partial charge in [-0.3, -0.25) is 0 Å². The van der Waals surface area contributed by atoms with Gasteiger partial charge in [-0.25, -0.2) is 4.98 Å². The first-order valence-electron chi connectivity index (χ1n) is 6.95. The predicted octanol–water partition coefficient (Wildman–Crippen LogP) is 3.40. The second kappa shape index (κ2) is 5.33. The first-order valence-corrected chi connectivity index (χ1v) is 7.76. The summed E-state index contributed by atoms with van der Waals surface area (Å²) < 4.78 is 5.92. The number of rotatable bonds is 4. The minimum atomic E-state index is 0.304. The molecule has 0 aromatic carbocycles. The third-order valence-electron chi connectivity index (χ3n) is 3.71. The number of nitrogens with two attached hydrogens (primary N) is 1. The molecule has 2 aromatic heterocycles. The Morgan fingerprint density at radius 1 is 1.37 bits per heavy atom. The smallest absolute Gasteiger partial charge is 0.227 e. The van der Waals surface area contributed by atoms with E-state index in [1.165, 1.54) is 30.6 Å². The number of aryl methyl sites for hydroxylation is 1. The normalized spacial score (nSPS) is 16.3. The molecular weight excluding hydrogens is 258 g/mol. The number of fused-ring (bicyclic) bond motifs is 1. The lowest BCUT2D eigenvalue weighted by Crippen LogP contribution is -2.10. The largest absolute Gasteiger partial charge is 0.477 e. The van der Waals surface area contributed by atoms with Gasteiger partial charge in [-0.05, 0) is 31.2 Å². The van der Waals surface area contributed by atoms with Gasteiger partial charge in [-0.1, -0.05) is 19.8 Å². The van der Waals surface area contributed by atoms with Gasteiger partial charge in [-0.15, -0.1) is 11.3 Å². The van der Waals surface area contributed by atoms with Crippen molar-refractivity contribution < 1.29 is 4.74 Å². The third kappa shape index (κ3) is 2.66. The van der Waals surface area contributed by atoms with E-state index in [-0.39, 0.29) is 0 Å². The molecular formula is C14H19N3OS. The zero-order chi connectivity index (χ0) is 13.2. The first kappa shape index (κ1) is 12.7. The lowest BCUT2D eigenvalue weighted by molar-refractivity contribution is 0.246. The fourth-order valence-corrected chi connectivity index (χ4v) is 3.58. The maximum absolute atomic E-state index is 5.92. The molecule has 1 aliphatic rings. The molecule has 5 heteroatoms. The summed E-state index contributed by atoms with van der Waals surface area (Å²) in [6.45, 7) is 2.89. The quantitative estimate of drug-likeness (QED) is 0.930. The zero-order valence-electron chi connectivity index (χ0n) is 11.2. The van der Waals surface area contributed by atoms with Crippen LogP contribution in [0.2, 0.25) is 0 Å². The Bertz CT molecular complexity index is 575. The molecule has 1 saturated carbocycles. The van der Waals surface area contributed by atoms with Crippen LogP contribution in [-0.4, -0.2) is 16.6 Å². The molecule has 19 heavy (non-hydrogen) atoms. The van der Waals surface area contributed by atoms with Crippen LogP contribution in [0.15, 0.2) is 6.07 Å². The molecule has 0 amide bonds. The molecule has 102 valence electrons. The lowest BCUT2D eigenvalue weighted by atomic mass is 10.1. The summed E-state index contributed by atoms with van der Waals surface area (Å²) in [4.78, 5) is 10.8. The molecule has 0 unspecified atom stereocenters. The van der Waals surface area contributed by atoms with Gasteiger partial charge in [0.05, 0.1) is 12.0 Å². The summed E-state index contributed by atoms with van der Waals surface area (Å²) >= 11 is 1.67. The van der Waals surface area contributed by atoms with Crippen molar-refractivity contribution in [1.29, 1.82) is 0 Å². The molecule has 0 bridgehead atoms. The predicted molar refractivity (Wildman–Crippen MR) is 78.7 cm³/mol. The molecule has 4 nitrogen and oxygen atoms in total. The van der Waals surface area contributed by atoms with Crippen molar-refractivity contribution in [2.75, 3.05) is 12.3 Å². The van der Waals surface area contributed by atoms with Crippen molar-refractivity contribution in [1.82, 2.24) is 9.97 Å².